The first-order chi connectivity index (χ1) is 8.80. The van der Waals surface area contributed by atoms with Crippen molar-refractivity contribution >= 4 is 0 Å². The number of nitrogens with zero attached hydrogens (tertiary/aromatic N) is 1. The van der Waals surface area contributed by atoms with E-state index in [1.54, 1.807) is 0 Å². The maximum Gasteiger partial charge on any atom is 0.00385 e. The normalized spacial score (nSPS) is 23.5. The molecule has 1 aliphatic heterocycles. The molecule has 0 saturated carbocycles. The average Bonchev–Trinajstić information content (AvgIpc) is 2.36. The van der Waals surface area contributed by atoms with E-state index >= 15 is 0 Å². The predicted octanol–water partition coefficient (Wildman–Crippen LogP) is 5.39. The van der Waals surface area contributed by atoms with Gasteiger partial charge in [0.1, 0.15) is 0 Å². The molecule has 18 heavy (non-hydrogen) atoms. The molecule has 1 heteroatoms. The van der Waals surface area contributed by atoms with Gasteiger partial charge in [-0.2, -0.15) is 0 Å². The Morgan fingerprint density at radius 3 is 1.06 bits per heavy atom. The summed E-state index contributed by atoms with van der Waals surface area (Å²) in [6.07, 6.45) is 17.5. The zero-order chi connectivity index (χ0) is 13.1. The van der Waals surface area contributed by atoms with Gasteiger partial charge in [-0.05, 0) is 39.8 Å². The summed E-state index contributed by atoms with van der Waals surface area (Å²) in [4.78, 5) is 2.69. The maximum atomic E-state index is 2.69. The molecule has 0 bridgehead atoms. The lowest BCUT2D eigenvalue weighted by molar-refractivity contribution is 0.212. The highest BCUT2D eigenvalue weighted by Gasteiger charge is 2.08. The molecular weight excluding hydrogens is 218 g/mol. The van der Waals surface area contributed by atoms with Crippen molar-refractivity contribution in [1.29, 1.82) is 0 Å². The van der Waals surface area contributed by atoms with Crippen LogP contribution in [-0.2, 0) is 0 Å². The lowest BCUT2D eigenvalue weighted by Crippen LogP contribution is -2.32. The molecular formula is C17H35N. The van der Waals surface area contributed by atoms with Crippen molar-refractivity contribution in [1.82, 2.24) is 4.90 Å². The molecule has 0 atom stereocenters. The summed E-state index contributed by atoms with van der Waals surface area (Å²) in [5.74, 6) is 0. The Morgan fingerprint density at radius 2 is 0.778 bits per heavy atom. The molecule has 108 valence electrons. The Balaban J connectivity index is 2.24. The minimum atomic E-state index is 0.737. The molecule has 0 aliphatic carbocycles. The van der Waals surface area contributed by atoms with Gasteiger partial charge in [-0.25, -0.2) is 0 Å². The van der Waals surface area contributed by atoms with Crippen molar-refractivity contribution in [3.8, 4) is 0 Å². The molecule has 0 amide bonds. The Labute approximate surface area is 115 Å². The van der Waals surface area contributed by atoms with Crippen LogP contribution < -0.4 is 0 Å². The van der Waals surface area contributed by atoms with Gasteiger partial charge in [-0.3, -0.25) is 0 Å². The minimum absolute atomic E-state index is 0.737. The van der Waals surface area contributed by atoms with Crippen LogP contribution in [0.4, 0.5) is 0 Å². The van der Waals surface area contributed by atoms with Crippen LogP contribution in [0.1, 0.15) is 90.9 Å². The number of hydrogen-bond donors (Lipinski definition) is 0. The molecule has 0 aromatic heterocycles. The largest absolute Gasteiger partial charge is 0.301 e. The zero-order valence-corrected chi connectivity index (χ0v) is 12.9. The summed E-state index contributed by atoms with van der Waals surface area (Å²) in [6, 6.07) is 0.737. The summed E-state index contributed by atoms with van der Waals surface area (Å²) in [5, 5.41) is 0. The Morgan fingerprint density at radius 1 is 0.500 bits per heavy atom. The van der Waals surface area contributed by atoms with Gasteiger partial charge < -0.3 is 4.90 Å². The van der Waals surface area contributed by atoms with Crippen molar-refractivity contribution < 1.29 is 0 Å². The van der Waals surface area contributed by atoms with Crippen LogP contribution in [-0.4, -0.2) is 24.0 Å². The monoisotopic (exact) mass is 253 g/mol. The standard InChI is InChI=1S/C17H35N/c1-17(2)18-15-13-11-9-7-5-3-4-6-8-10-12-14-16-18/h17H,3-16H2,1-2H3. The summed E-state index contributed by atoms with van der Waals surface area (Å²) >= 11 is 0. The smallest absolute Gasteiger partial charge is 0.00385 e. The molecule has 1 heterocycles. The maximum absolute atomic E-state index is 2.69. The van der Waals surface area contributed by atoms with E-state index in [1.165, 1.54) is 90.1 Å². The fourth-order valence-corrected chi connectivity index (χ4v) is 3.03. The van der Waals surface area contributed by atoms with Gasteiger partial charge in [-0.1, -0.05) is 64.2 Å². The van der Waals surface area contributed by atoms with E-state index in [-0.39, 0.29) is 0 Å². The molecule has 1 saturated heterocycles. The van der Waals surface area contributed by atoms with E-state index < -0.39 is 0 Å². The van der Waals surface area contributed by atoms with Crippen LogP contribution >= 0.6 is 0 Å². The van der Waals surface area contributed by atoms with Crippen molar-refractivity contribution in [3.05, 3.63) is 0 Å². The predicted molar refractivity (Wildman–Crippen MR) is 82.1 cm³/mol. The van der Waals surface area contributed by atoms with Crippen molar-refractivity contribution in [2.45, 2.75) is 96.9 Å². The minimum Gasteiger partial charge on any atom is -0.301 e. The SMILES string of the molecule is CC(C)N1CCCCCCCCCCCCCC1. The van der Waals surface area contributed by atoms with Crippen LogP contribution in [0.3, 0.4) is 0 Å². The first-order valence-electron chi connectivity index (χ1n) is 8.55. The van der Waals surface area contributed by atoms with Gasteiger partial charge in [0, 0.05) is 6.04 Å². The zero-order valence-electron chi connectivity index (χ0n) is 12.9. The Bertz CT molecular complexity index is 160. The average molecular weight is 253 g/mol. The topological polar surface area (TPSA) is 3.24 Å². The molecule has 0 aromatic rings. The molecule has 0 aromatic carbocycles. The van der Waals surface area contributed by atoms with Gasteiger partial charge in [0.25, 0.3) is 0 Å². The van der Waals surface area contributed by atoms with Gasteiger partial charge in [0.2, 0.25) is 0 Å². The van der Waals surface area contributed by atoms with Gasteiger partial charge in [0.15, 0.2) is 0 Å². The molecule has 1 rings (SSSR count). The third-order valence-electron chi connectivity index (χ3n) is 4.37. The van der Waals surface area contributed by atoms with Crippen molar-refractivity contribution in [3.63, 3.8) is 0 Å². The fraction of sp³-hybridized carbons (Fsp3) is 1.00. The third-order valence-corrected chi connectivity index (χ3v) is 4.37. The van der Waals surface area contributed by atoms with E-state index in [1.807, 2.05) is 0 Å². The van der Waals surface area contributed by atoms with E-state index in [0.717, 1.165) is 6.04 Å². The van der Waals surface area contributed by atoms with Gasteiger partial charge in [0.05, 0.1) is 0 Å². The summed E-state index contributed by atoms with van der Waals surface area (Å²) in [7, 11) is 0. The quantitative estimate of drug-likeness (QED) is 0.605. The number of rotatable bonds is 1. The van der Waals surface area contributed by atoms with Crippen LogP contribution in [0.25, 0.3) is 0 Å². The second-order valence-corrected chi connectivity index (χ2v) is 6.37. The van der Waals surface area contributed by atoms with Gasteiger partial charge in [-0.15, -0.1) is 0 Å². The Kier molecular flexibility index (Phi) is 9.65. The highest BCUT2D eigenvalue weighted by Crippen LogP contribution is 2.14. The lowest BCUT2D eigenvalue weighted by Gasteiger charge is -2.26. The highest BCUT2D eigenvalue weighted by molar-refractivity contribution is 4.63. The van der Waals surface area contributed by atoms with Crippen molar-refractivity contribution in [2.24, 2.45) is 0 Å². The number of hydrogen-bond acceptors (Lipinski definition) is 1. The molecule has 0 unspecified atom stereocenters. The van der Waals surface area contributed by atoms with Crippen molar-refractivity contribution in [2.75, 3.05) is 13.1 Å². The van der Waals surface area contributed by atoms with Crippen LogP contribution in [0.5, 0.6) is 0 Å². The van der Waals surface area contributed by atoms with Gasteiger partial charge >= 0.3 is 0 Å². The molecule has 0 spiro atoms. The first-order valence-corrected chi connectivity index (χ1v) is 8.55. The van der Waals surface area contributed by atoms with Crippen LogP contribution in [0, 0.1) is 0 Å². The second kappa shape index (κ2) is 10.8. The highest BCUT2D eigenvalue weighted by atomic mass is 15.1. The van der Waals surface area contributed by atoms with E-state index in [9.17, 15) is 0 Å². The summed E-state index contributed by atoms with van der Waals surface area (Å²) in [6.45, 7) is 7.37. The fourth-order valence-electron chi connectivity index (χ4n) is 3.03. The third kappa shape index (κ3) is 8.13. The molecule has 0 N–H and O–H groups in total. The summed E-state index contributed by atoms with van der Waals surface area (Å²) < 4.78 is 0. The van der Waals surface area contributed by atoms with E-state index in [2.05, 4.69) is 18.7 Å². The van der Waals surface area contributed by atoms with E-state index in [4.69, 9.17) is 0 Å². The first kappa shape index (κ1) is 16.0. The Hall–Kier alpha value is -0.0400. The second-order valence-electron chi connectivity index (χ2n) is 6.37. The molecule has 1 fully saturated rings. The molecule has 1 nitrogen and oxygen atoms in total. The molecule has 0 radical (unpaired) electrons. The van der Waals surface area contributed by atoms with Crippen LogP contribution in [0.15, 0.2) is 0 Å². The van der Waals surface area contributed by atoms with Crippen LogP contribution in [0.2, 0.25) is 0 Å². The molecule has 1 aliphatic rings. The van der Waals surface area contributed by atoms with E-state index in [0.29, 0.717) is 0 Å². The summed E-state index contributed by atoms with van der Waals surface area (Å²) in [5.41, 5.74) is 0. The lowest BCUT2D eigenvalue weighted by atomic mass is 10.1.